The first-order valence-electron chi connectivity index (χ1n) is 19.1. The molecule has 0 atom stereocenters. The molecular formula is C42H55ClN10O4S2. The maximum absolute atomic E-state index is 11.3. The molecule has 59 heavy (non-hydrogen) atoms. The number of aliphatic hydroxyl groups is 1. The second kappa shape index (κ2) is 22.4. The summed E-state index contributed by atoms with van der Waals surface area (Å²) in [6.45, 7) is 13.6. The third-order valence-electron chi connectivity index (χ3n) is 7.91. The monoisotopic (exact) mass is 862 g/mol. The SMILES string of the molecule is CC(=O)Nc1nc2ccc(-c3cnc(Cl)c(NC(C)C)c3)cc2s1.CC(=O)Nc1nc2ccc(-c3cnc(OCCN(C)C)c(NC(C)C)c3)cc2s1.CN(C)CCO. The van der Waals surface area contributed by atoms with E-state index in [-0.39, 0.29) is 30.5 Å². The van der Waals surface area contributed by atoms with Crippen LogP contribution in [0, 0.1) is 0 Å². The average Bonchev–Trinajstić information content (AvgIpc) is 3.74. The number of nitrogens with one attached hydrogen (secondary N) is 4. The number of thiazole rings is 2. The van der Waals surface area contributed by atoms with Gasteiger partial charge in [-0.1, -0.05) is 46.4 Å². The highest BCUT2D eigenvalue weighted by Gasteiger charge is 2.13. The van der Waals surface area contributed by atoms with E-state index in [1.54, 1.807) is 6.20 Å². The minimum atomic E-state index is -0.124. The fraction of sp³-hybridized carbons (Fsp3) is 0.381. The summed E-state index contributed by atoms with van der Waals surface area (Å²) < 4.78 is 7.90. The van der Waals surface area contributed by atoms with Crippen LogP contribution in [0.4, 0.5) is 21.6 Å². The van der Waals surface area contributed by atoms with Gasteiger partial charge >= 0.3 is 0 Å². The van der Waals surface area contributed by atoms with Crippen molar-refractivity contribution in [2.75, 3.05) is 75.8 Å². The van der Waals surface area contributed by atoms with E-state index in [2.05, 4.69) is 85.9 Å². The molecule has 6 aromatic rings. The number of ether oxygens (including phenoxy) is 1. The van der Waals surface area contributed by atoms with Crippen LogP contribution in [0.3, 0.4) is 0 Å². The Bertz CT molecular complexity index is 2310. The zero-order valence-corrected chi connectivity index (χ0v) is 37.7. The topological polar surface area (TPSA) is 170 Å². The van der Waals surface area contributed by atoms with Crippen LogP contribution in [-0.4, -0.2) is 113 Å². The first kappa shape index (κ1) is 46.7. The van der Waals surface area contributed by atoms with E-state index < -0.39 is 0 Å². The Morgan fingerprint density at radius 2 is 1.19 bits per heavy atom. The smallest absolute Gasteiger partial charge is 0.237 e. The van der Waals surface area contributed by atoms with Crippen molar-refractivity contribution in [1.29, 1.82) is 0 Å². The zero-order valence-electron chi connectivity index (χ0n) is 35.3. The number of amides is 2. The highest BCUT2D eigenvalue weighted by atomic mass is 35.5. The van der Waals surface area contributed by atoms with Crippen LogP contribution in [0.15, 0.2) is 60.9 Å². The minimum Gasteiger partial charge on any atom is -0.475 e. The molecule has 0 radical (unpaired) electrons. The van der Waals surface area contributed by atoms with E-state index in [4.69, 9.17) is 21.4 Å². The summed E-state index contributed by atoms with van der Waals surface area (Å²) in [6.07, 6.45) is 3.58. The molecule has 17 heteroatoms. The van der Waals surface area contributed by atoms with E-state index in [9.17, 15) is 9.59 Å². The predicted octanol–water partition coefficient (Wildman–Crippen LogP) is 8.41. The molecule has 0 bridgehead atoms. The molecule has 0 saturated carbocycles. The van der Waals surface area contributed by atoms with Gasteiger partial charge in [0.1, 0.15) is 6.61 Å². The van der Waals surface area contributed by atoms with Gasteiger partial charge in [0.05, 0.1) is 38.4 Å². The van der Waals surface area contributed by atoms with Gasteiger partial charge in [-0.15, -0.1) is 0 Å². The van der Waals surface area contributed by atoms with Crippen molar-refractivity contribution in [2.45, 2.75) is 53.6 Å². The molecule has 4 heterocycles. The van der Waals surface area contributed by atoms with Gasteiger partial charge < -0.3 is 40.9 Å². The molecule has 14 nitrogen and oxygen atoms in total. The van der Waals surface area contributed by atoms with Crippen LogP contribution in [0.1, 0.15) is 41.5 Å². The molecule has 316 valence electrons. The average molecular weight is 864 g/mol. The number of aromatic nitrogens is 4. The number of likely N-dealkylation sites (N-methyl/N-ethyl adjacent to an activating group) is 2. The van der Waals surface area contributed by atoms with Gasteiger partial charge in [0.15, 0.2) is 15.4 Å². The predicted molar refractivity (Wildman–Crippen MR) is 247 cm³/mol. The lowest BCUT2D eigenvalue weighted by atomic mass is 10.1. The molecule has 2 amide bonds. The molecule has 0 aliphatic carbocycles. The number of rotatable bonds is 14. The summed E-state index contributed by atoms with van der Waals surface area (Å²) in [5.74, 6) is 0.361. The van der Waals surface area contributed by atoms with Crippen LogP contribution in [0.25, 0.3) is 42.7 Å². The molecule has 0 aliphatic rings. The normalized spacial score (nSPS) is 11.1. The van der Waals surface area contributed by atoms with Gasteiger partial charge in [-0.2, -0.15) is 0 Å². The summed E-state index contributed by atoms with van der Waals surface area (Å²) >= 11 is 9.06. The maximum Gasteiger partial charge on any atom is 0.237 e. The molecule has 0 saturated heterocycles. The first-order valence-corrected chi connectivity index (χ1v) is 21.1. The molecule has 0 aliphatic heterocycles. The van der Waals surface area contributed by atoms with Gasteiger partial charge in [-0.25, -0.2) is 19.9 Å². The summed E-state index contributed by atoms with van der Waals surface area (Å²) in [4.78, 5) is 44.1. The molecule has 0 unspecified atom stereocenters. The Hall–Kier alpha value is -4.97. The number of fused-ring (bicyclic) bond motifs is 2. The lowest BCUT2D eigenvalue weighted by molar-refractivity contribution is -0.115. The molecule has 4 aromatic heterocycles. The summed E-state index contributed by atoms with van der Waals surface area (Å²) in [5, 5.41) is 22.0. The van der Waals surface area contributed by atoms with Crippen LogP contribution in [-0.2, 0) is 9.59 Å². The third-order valence-corrected chi connectivity index (χ3v) is 10.1. The summed E-state index contributed by atoms with van der Waals surface area (Å²) in [5.41, 5.74) is 7.43. The van der Waals surface area contributed by atoms with Crippen molar-refractivity contribution < 1.29 is 19.4 Å². The highest BCUT2D eigenvalue weighted by molar-refractivity contribution is 7.22. The van der Waals surface area contributed by atoms with E-state index in [0.717, 1.165) is 67.2 Å². The molecular weight excluding hydrogens is 808 g/mol. The van der Waals surface area contributed by atoms with E-state index in [1.165, 1.54) is 36.5 Å². The van der Waals surface area contributed by atoms with E-state index >= 15 is 0 Å². The summed E-state index contributed by atoms with van der Waals surface area (Å²) in [7, 11) is 7.88. The number of anilines is 4. The maximum atomic E-state index is 11.3. The van der Waals surface area contributed by atoms with Gasteiger partial charge in [0, 0.05) is 62.5 Å². The zero-order chi connectivity index (χ0) is 43.2. The second-order valence-electron chi connectivity index (χ2n) is 14.7. The number of hydrogen-bond acceptors (Lipinski definition) is 14. The molecule has 0 fully saturated rings. The third kappa shape index (κ3) is 15.0. The van der Waals surface area contributed by atoms with Crippen LogP contribution in [0.2, 0.25) is 5.15 Å². The number of benzene rings is 2. The Morgan fingerprint density at radius 1 is 0.712 bits per heavy atom. The highest BCUT2D eigenvalue weighted by Crippen LogP contribution is 2.35. The Balaban J connectivity index is 0.000000232. The molecule has 2 aromatic carbocycles. The number of halogens is 1. The number of carbonyl (C=O) groups is 2. The van der Waals surface area contributed by atoms with E-state index in [1.807, 2.05) is 75.7 Å². The molecule has 6 rings (SSSR count). The fourth-order valence-corrected chi connectivity index (χ4v) is 7.36. The van der Waals surface area contributed by atoms with Crippen LogP contribution in [0.5, 0.6) is 5.88 Å². The van der Waals surface area contributed by atoms with Crippen molar-refractivity contribution >= 4 is 88.2 Å². The molecule has 0 spiro atoms. The van der Waals surface area contributed by atoms with Gasteiger partial charge in [0.25, 0.3) is 0 Å². The summed E-state index contributed by atoms with van der Waals surface area (Å²) in [6, 6.07) is 16.6. The van der Waals surface area contributed by atoms with Gasteiger partial charge in [0.2, 0.25) is 17.7 Å². The first-order chi connectivity index (χ1) is 28.0. The second-order valence-corrected chi connectivity index (χ2v) is 17.1. The molecule has 5 N–H and O–H groups in total. The lowest BCUT2D eigenvalue weighted by Crippen LogP contribution is -2.20. The van der Waals surface area contributed by atoms with Crippen molar-refractivity contribution in [3.63, 3.8) is 0 Å². The van der Waals surface area contributed by atoms with Crippen LogP contribution >= 0.6 is 34.3 Å². The quantitative estimate of drug-likeness (QED) is 0.0664. The number of hydrogen-bond donors (Lipinski definition) is 5. The fourth-order valence-electron chi connectivity index (χ4n) is 5.30. The largest absolute Gasteiger partial charge is 0.475 e. The van der Waals surface area contributed by atoms with Crippen molar-refractivity contribution in [2.24, 2.45) is 0 Å². The van der Waals surface area contributed by atoms with E-state index in [0.29, 0.717) is 27.9 Å². The van der Waals surface area contributed by atoms with Crippen molar-refractivity contribution in [3.05, 3.63) is 66.1 Å². The van der Waals surface area contributed by atoms with Gasteiger partial charge in [-0.05, 0) is 103 Å². The van der Waals surface area contributed by atoms with Crippen LogP contribution < -0.4 is 26.0 Å². The Labute approximate surface area is 359 Å². The van der Waals surface area contributed by atoms with Gasteiger partial charge in [-0.3, -0.25) is 9.59 Å². The number of nitrogens with zero attached hydrogens (tertiary/aromatic N) is 6. The van der Waals surface area contributed by atoms with Crippen molar-refractivity contribution in [3.8, 4) is 28.1 Å². The lowest BCUT2D eigenvalue weighted by Gasteiger charge is -2.17. The standard InChI is InChI=1S/C21H27N5O2S.C17H17ClN4OS.C4H11NO/c1-13(2)23-18-10-16(12-22-20(18)28-9-8-26(4)5)15-6-7-17-19(11-15)29-21(25-17)24-14(3)27;1-9(2)20-14-6-12(8-19-16(14)18)11-4-5-13-15(7-11)24-17(22-13)21-10(3)23;1-5(2)3-4-6/h6-7,10-13,23H,8-9H2,1-5H3,(H,24,25,27);4-9,20H,1-3H3,(H,21,22,23);6H,3-4H2,1-2H3. The minimum absolute atomic E-state index is 0.122. The number of aliphatic hydroxyl groups excluding tert-OH is 1. The number of carbonyl (C=O) groups excluding carboxylic acids is 2. The Kier molecular flexibility index (Phi) is 17.7. The van der Waals surface area contributed by atoms with Crippen molar-refractivity contribution in [1.82, 2.24) is 29.7 Å². The number of pyridine rings is 2. The Morgan fingerprint density at radius 3 is 1.63 bits per heavy atom.